The Balaban J connectivity index is 1.81. The summed E-state index contributed by atoms with van der Waals surface area (Å²) in [6, 6.07) is 7.76. The number of fused-ring (bicyclic) bond motifs is 1. The van der Waals surface area contributed by atoms with Gasteiger partial charge in [-0.05, 0) is 38.1 Å². The molecular formula is C18H21N5OS. The number of rotatable bonds is 5. The predicted octanol–water partition coefficient (Wildman–Crippen LogP) is 3.62. The van der Waals surface area contributed by atoms with Crippen molar-refractivity contribution < 1.29 is 4.79 Å². The minimum Gasteiger partial charge on any atom is -0.330 e. The van der Waals surface area contributed by atoms with Crippen molar-refractivity contribution >= 4 is 34.4 Å². The highest BCUT2D eigenvalue weighted by Gasteiger charge is 2.11. The zero-order chi connectivity index (χ0) is 18.0. The molecule has 0 aliphatic rings. The first-order valence-electron chi connectivity index (χ1n) is 8.16. The SMILES string of the molecule is CCC(=O)Nc1ccc2c(c1)nc(CSc1nc(C)cc(C)n1)n2C. The minimum atomic E-state index is -0.00183. The smallest absolute Gasteiger partial charge is 0.224 e. The standard InChI is InChI=1S/C18H21N5OS/c1-5-17(24)21-13-6-7-15-14(9-13)22-16(23(15)4)10-25-18-19-11(2)8-12(3)20-18/h6-9H,5,10H2,1-4H3,(H,21,24). The van der Waals surface area contributed by atoms with Crippen molar-refractivity contribution in [1.29, 1.82) is 0 Å². The predicted molar refractivity (Wildman–Crippen MR) is 101 cm³/mol. The Morgan fingerprint density at radius 1 is 1.16 bits per heavy atom. The van der Waals surface area contributed by atoms with Crippen LogP contribution in [-0.4, -0.2) is 25.4 Å². The number of hydrogen-bond donors (Lipinski definition) is 1. The number of nitrogens with zero attached hydrogens (tertiary/aromatic N) is 4. The zero-order valence-corrected chi connectivity index (χ0v) is 15.6. The molecule has 7 heteroatoms. The van der Waals surface area contributed by atoms with E-state index in [0.717, 1.165) is 39.1 Å². The molecule has 3 rings (SSSR count). The molecule has 2 heterocycles. The summed E-state index contributed by atoms with van der Waals surface area (Å²) in [4.78, 5) is 25.2. The molecule has 130 valence electrons. The van der Waals surface area contributed by atoms with Crippen molar-refractivity contribution in [3.05, 3.63) is 41.5 Å². The number of amides is 1. The maximum absolute atomic E-state index is 11.5. The first kappa shape index (κ1) is 17.4. The van der Waals surface area contributed by atoms with Gasteiger partial charge in [-0.25, -0.2) is 15.0 Å². The zero-order valence-electron chi connectivity index (χ0n) is 14.8. The number of aromatic nitrogens is 4. The van der Waals surface area contributed by atoms with E-state index < -0.39 is 0 Å². The van der Waals surface area contributed by atoms with Crippen LogP contribution < -0.4 is 5.32 Å². The third-order valence-corrected chi connectivity index (χ3v) is 4.71. The van der Waals surface area contributed by atoms with Gasteiger partial charge in [0.1, 0.15) is 5.82 Å². The summed E-state index contributed by atoms with van der Waals surface area (Å²) in [5.41, 5.74) is 4.61. The summed E-state index contributed by atoms with van der Waals surface area (Å²) < 4.78 is 2.07. The van der Waals surface area contributed by atoms with Crippen molar-refractivity contribution in [3.8, 4) is 0 Å². The maximum Gasteiger partial charge on any atom is 0.224 e. The van der Waals surface area contributed by atoms with Crippen molar-refractivity contribution in [2.45, 2.75) is 38.1 Å². The number of hydrogen-bond acceptors (Lipinski definition) is 5. The van der Waals surface area contributed by atoms with E-state index in [1.54, 1.807) is 11.8 Å². The van der Waals surface area contributed by atoms with Gasteiger partial charge in [-0.3, -0.25) is 4.79 Å². The molecule has 0 bridgehead atoms. The lowest BCUT2D eigenvalue weighted by Gasteiger charge is -2.04. The van der Waals surface area contributed by atoms with Crippen molar-refractivity contribution in [2.75, 3.05) is 5.32 Å². The molecule has 0 radical (unpaired) electrons. The van der Waals surface area contributed by atoms with Crippen LogP contribution in [0.5, 0.6) is 0 Å². The molecule has 2 aromatic heterocycles. The normalized spacial score (nSPS) is 11.0. The van der Waals surface area contributed by atoms with Gasteiger partial charge in [-0.1, -0.05) is 18.7 Å². The summed E-state index contributed by atoms with van der Waals surface area (Å²) in [5, 5.41) is 3.63. The van der Waals surface area contributed by atoms with E-state index in [9.17, 15) is 4.79 Å². The quantitative estimate of drug-likeness (QED) is 0.559. The van der Waals surface area contributed by atoms with Crippen LogP contribution in [0.4, 0.5) is 5.69 Å². The van der Waals surface area contributed by atoms with Gasteiger partial charge in [-0.2, -0.15) is 0 Å². The Morgan fingerprint density at radius 2 is 1.88 bits per heavy atom. The number of carbonyl (C=O) groups excluding carboxylic acids is 1. The van der Waals surface area contributed by atoms with Crippen LogP contribution in [0.25, 0.3) is 11.0 Å². The third-order valence-electron chi connectivity index (χ3n) is 3.87. The topological polar surface area (TPSA) is 72.7 Å². The lowest BCUT2D eigenvalue weighted by atomic mass is 10.2. The minimum absolute atomic E-state index is 0.00183. The average molecular weight is 355 g/mol. The van der Waals surface area contributed by atoms with Crippen LogP contribution in [-0.2, 0) is 17.6 Å². The molecule has 0 saturated heterocycles. The Bertz CT molecular complexity index is 914. The highest BCUT2D eigenvalue weighted by Crippen LogP contribution is 2.24. The van der Waals surface area contributed by atoms with E-state index in [-0.39, 0.29) is 5.91 Å². The van der Waals surface area contributed by atoms with Crippen LogP contribution in [0.15, 0.2) is 29.4 Å². The summed E-state index contributed by atoms with van der Waals surface area (Å²) in [6.07, 6.45) is 0.456. The fourth-order valence-corrected chi connectivity index (χ4v) is 3.53. The molecule has 0 aliphatic heterocycles. The molecule has 3 aromatic rings. The number of thioether (sulfide) groups is 1. The Morgan fingerprint density at radius 3 is 2.56 bits per heavy atom. The second kappa shape index (κ2) is 7.23. The van der Waals surface area contributed by atoms with Gasteiger partial charge < -0.3 is 9.88 Å². The fraction of sp³-hybridized carbons (Fsp3) is 0.333. The second-order valence-corrected chi connectivity index (χ2v) is 6.86. The first-order chi connectivity index (χ1) is 12.0. The third kappa shape index (κ3) is 3.99. The molecule has 0 saturated carbocycles. The summed E-state index contributed by atoms with van der Waals surface area (Å²) in [7, 11) is 2.00. The number of carbonyl (C=O) groups is 1. The molecule has 1 aromatic carbocycles. The highest BCUT2D eigenvalue weighted by atomic mass is 32.2. The molecule has 6 nitrogen and oxygen atoms in total. The van der Waals surface area contributed by atoms with E-state index in [1.807, 2.05) is 52.1 Å². The molecule has 1 amide bonds. The number of imidazole rings is 1. The van der Waals surface area contributed by atoms with Crippen molar-refractivity contribution in [2.24, 2.45) is 7.05 Å². The van der Waals surface area contributed by atoms with Gasteiger partial charge in [0, 0.05) is 30.5 Å². The first-order valence-corrected chi connectivity index (χ1v) is 9.15. The monoisotopic (exact) mass is 355 g/mol. The van der Waals surface area contributed by atoms with E-state index in [4.69, 9.17) is 4.98 Å². The van der Waals surface area contributed by atoms with Gasteiger partial charge >= 0.3 is 0 Å². The van der Waals surface area contributed by atoms with E-state index in [2.05, 4.69) is 19.9 Å². The molecule has 1 N–H and O–H groups in total. The number of aryl methyl sites for hydroxylation is 3. The van der Waals surface area contributed by atoms with Crippen LogP contribution in [0.2, 0.25) is 0 Å². The average Bonchev–Trinajstić information content (AvgIpc) is 2.87. The Labute approximate surface area is 151 Å². The van der Waals surface area contributed by atoms with Crippen molar-refractivity contribution in [1.82, 2.24) is 19.5 Å². The maximum atomic E-state index is 11.5. The summed E-state index contributed by atoms with van der Waals surface area (Å²) in [5.74, 6) is 1.63. The Kier molecular flexibility index (Phi) is 5.03. The largest absolute Gasteiger partial charge is 0.330 e. The second-order valence-electron chi connectivity index (χ2n) is 5.91. The summed E-state index contributed by atoms with van der Waals surface area (Å²) >= 11 is 1.57. The summed E-state index contributed by atoms with van der Waals surface area (Å²) in [6.45, 7) is 5.78. The van der Waals surface area contributed by atoms with Crippen LogP contribution >= 0.6 is 11.8 Å². The van der Waals surface area contributed by atoms with Gasteiger partial charge in [0.15, 0.2) is 5.16 Å². The van der Waals surface area contributed by atoms with E-state index in [1.165, 1.54) is 0 Å². The van der Waals surface area contributed by atoms with Gasteiger partial charge in [0.25, 0.3) is 0 Å². The van der Waals surface area contributed by atoms with Crippen LogP contribution in [0.3, 0.4) is 0 Å². The molecule has 0 atom stereocenters. The van der Waals surface area contributed by atoms with Crippen LogP contribution in [0.1, 0.15) is 30.6 Å². The lowest BCUT2D eigenvalue weighted by molar-refractivity contribution is -0.115. The van der Waals surface area contributed by atoms with Gasteiger partial charge in [-0.15, -0.1) is 0 Å². The molecule has 0 fully saturated rings. The van der Waals surface area contributed by atoms with Gasteiger partial charge in [0.05, 0.1) is 16.8 Å². The molecule has 25 heavy (non-hydrogen) atoms. The fourth-order valence-electron chi connectivity index (χ4n) is 2.59. The van der Waals surface area contributed by atoms with Crippen LogP contribution in [0, 0.1) is 13.8 Å². The Hall–Kier alpha value is -2.41. The van der Waals surface area contributed by atoms with Gasteiger partial charge in [0.2, 0.25) is 5.91 Å². The van der Waals surface area contributed by atoms with E-state index >= 15 is 0 Å². The number of benzene rings is 1. The number of nitrogens with one attached hydrogen (secondary N) is 1. The molecule has 0 unspecified atom stereocenters. The highest BCUT2D eigenvalue weighted by molar-refractivity contribution is 7.98. The lowest BCUT2D eigenvalue weighted by Crippen LogP contribution is -2.09. The molecule has 0 spiro atoms. The van der Waals surface area contributed by atoms with E-state index in [0.29, 0.717) is 12.2 Å². The molecule has 0 aliphatic carbocycles. The molecular weight excluding hydrogens is 334 g/mol. The number of anilines is 1. The van der Waals surface area contributed by atoms with Crippen molar-refractivity contribution in [3.63, 3.8) is 0 Å².